The number of anilines is 2. The van der Waals surface area contributed by atoms with Gasteiger partial charge in [0.25, 0.3) is 10.0 Å². The zero-order chi connectivity index (χ0) is 42.5. The SMILES string of the molecule is CO[C@H]1COc2c(S(=O)(=O)NC(=O)Nc3c4c(c(F)c5c3CCC5)CCC4)cnn2C1.CO[C@H]1COc2c(S(N)(=O)=O)cnn2C1.Nc1c2c(c(F)c3c1CCC3)CCC2. The molecule has 2 aromatic heterocycles. The van der Waals surface area contributed by atoms with Crippen molar-refractivity contribution in [1.82, 2.24) is 24.3 Å². The van der Waals surface area contributed by atoms with E-state index in [0.717, 1.165) is 96.6 Å². The molecular formula is C39H48F2N8O9S2. The molecule has 4 heterocycles. The summed E-state index contributed by atoms with van der Waals surface area (Å²) in [6.07, 6.45) is 12.1. The van der Waals surface area contributed by atoms with Gasteiger partial charge in [-0.25, -0.2) is 49.6 Å². The average molecular weight is 875 g/mol. The highest BCUT2D eigenvalue weighted by atomic mass is 32.2. The largest absolute Gasteiger partial charge is 0.474 e. The molecule has 0 spiro atoms. The van der Waals surface area contributed by atoms with Gasteiger partial charge in [0, 0.05) is 25.6 Å². The molecular weight excluding hydrogens is 827 g/mol. The number of benzene rings is 2. The first-order valence-electron chi connectivity index (χ1n) is 19.9. The minimum Gasteiger partial charge on any atom is -0.474 e. The Labute approximate surface area is 346 Å². The van der Waals surface area contributed by atoms with Crippen LogP contribution in [0.4, 0.5) is 25.0 Å². The fourth-order valence-corrected chi connectivity index (χ4v) is 10.6. The van der Waals surface area contributed by atoms with Crippen molar-refractivity contribution in [2.24, 2.45) is 5.14 Å². The summed E-state index contributed by atoms with van der Waals surface area (Å²) in [5.74, 6) is 0.166. The molecule has 2 aliphatic heterocycles. The standard InChI is InChI=1S/C20H23FN4O5S.C12H14FN.C7H11N3O4S/c1-29-11-9-25-19(30-10-11)16(8-22-25)31(27,28)24-20(26)23-18-14-6-2-4-12(14)17(21)13-5-3-7-15(13)18;13-11-7-3-1-5-9(7)12(14)10-6-2-4-8(10)11;1-13-5-3-10-7(14-4-5)6(2-9-10)15(8,11)12/h8,11H,2-7,9-10H2,1H3,(H2,23,24,26);1-6,14H2;2,5H,3-4H2,1H3,(H2,8,11,12)/t11-;;5-/m1.1/s1. The molecule has 4 aliphatic carbocycles. The van der Waals surface area contributed by atoms with Gasteiger partial charge in [0.1, 0.15) is 37.1 Å². The van der Waals surface area contributed by atoms with Crippen LogP contribution in [0.15, 0.2) is 22.2 Å². The molecule has 0 saturated heterocycles. The van der Waals surface area contributed by atoms with Crippen LogP contribution in [0.3, 0.4) is 0 Å². The zero-order valence-electron chi connectivity index (χ0n) is 33.3. The summed E-state index contributed by atoms with van der Waals surface area (Å²) in [6, 6.07) is -0.889. The Balaban J connectivity index is 0.000000142. The Kier molecular flexibility index (Phi) is 11.6. The van der Waals surface area contributed by atoms with Crippen molar-refractivity contribution in [2.45, 2.75) is 112 Å². The molecule has 10 rings (SSSR count). The summed E-state index contributed by atoms with van der Waals surface area (Å²) >= 11 is 0. The molecule has 4 aromatic rings. The van der Waals surface area contributed by atoms with E-state index < -0.39 is 26.1 Å². The molecule has 2 amide bonds. The van der Waals surface area contributed by atoms with Crippen molar-refractivity contribution in [3.8, 4) is 11.8 Å². The lowest BCUT2D eigenvalue weighted by molar-refractivity contribution is 0.0165. The van der Waals surface area contributed by atoms with Crippen LogP contribution in [0.1, 0.15) is 70.2 Å². The number of halogens is 2. The Morgan fingerprint density at radius 3 is 1.55 bits per heavy atom. The molecule has 17 nitrogen and oxygen atoms in total. The molecule has 0 radical (unpaired) electrons. The first-order chi connectivity index (χ1) is 28.7. The van der Waals surface area contributed by atoms with E-state index in [1.165, 1.54) is 22.7 Å². The second-order valence-electron chi connectivity index (χ2n) is 15.6. The first kappa shape index (κ1) is 41.9. The summed E-state index contributed by atoms with van der Waals surface area (Å²) < 4.78 is 103. The van der Waals surface area contributed by atoms with Gasteiger partial charge in [0.05, 0.1) is 25.5 Å². The Hall–Kier alpha value is -4.83. The predicted molar refractivity (Wildman–Crippen MR) is 213 cm³/mol. The average Bonchev–Trinajstić information content (AvgIpc) is 4.08. The molecule has 6 aliphatic rings. The number of hydrogen-bond acceptors (Lipinski definition) is 12. The number of nitrogens with two attached hydrogens (primary N) is 2. The van der Waals surface area contributed by atoms with E-state index >= 15 is 0 Å². The van der Waals surface area contributed by atoms with E-state index in [2.05, 4.69) is 15.5 Å². The first-order valence-corrected chi connectivity index (χ1v) is 23.0. The van der Waals surface area contributed by atoms with Gasteiger partial charge < -0.3 is 30.0 Å². The summed E-state index contributed by atoms with van der Waals surface area (Å²) in [6.45, 7) is 1.29. The number of nitrogens with one attached hydrogen (secondary N) is 2. The fourth-order valence-electron chi connectivity index (χ4n) is 9.05. The summed E-state index contributed by atoms with van der Waals surface area (Å²) in [5.41, 5.74) is 14.5. The number of primary sulfonamides is 1. The third-order valence-electron chi connectivity index (χ3n) is 12.0. The van der Waals surface area contributed by atoms with E-state index in [1.54, 1.807) is 7.11 Å². The highest BCUT2D eigenvalue weighted by Crippen LogP contribution is 2.42. The van der Waals surface area contributed by atoms with Crippen molar-refractivity contribution in [3.63, 3.8) is 0 Å². The molecule has 0 bridgehead atoms. The fraction of sp³-hybridized carbons (Fsp3) is 0.513. The third kappa shape index (κ3) is 7.80. The maximum absolute atomic E-state index is 14.8. The van der Waals surface area contributed by atoms with E-state index in [0.29, 0.717) is 62.2 Å². The summed E-state index contributed by atoms with van der Waals surface area (Å²) in [5, 5.41) is 15.6. The molecule has 21 heteroatoms. The number of fused-ring (bicyclic) bond motifs is 6. The number of rotatable bonds is 6. The predicted octanol–water partition coefficient (Wildman–Crippen LogP) is 3.24. The third-order valence-corrected chi connectivity index (χ3v) is 14.2. The molecule has 0 fully saturated rings. The number of methoxy groups -OCH3 is 2. The lowest BCUT2D eigenvalue weighted by Crippen LogP contribution is -2.36. The molecule has 324 valence electrons. The van der Waals surface area contributed by atoms with Crippen LogP contribution in [0.5, 0.6) is 11.8 Å². The second kappa shape index (κ2) is 16.6. The Morgan fingerprint density at radius 2 is 1.10 bits per heavy atom. The summed E-state index contributed by atoms with van der Waals surface area (Å²) in [7, 11) is -4.90. The number of nitrogen functional groups attached to an aromatic ring is 1. The number of hydrogen-bond donors (Lipinski definition) is 4. The van der Waals surface area contributed by atoms with Crippen LogP contribution in [0.25, 0.3) is 0 Å². The highest BCUT2D eigenvalue weighted by Gasteiger charge is 2.34. The van der Waals surface area contributed by atoms with Crippen molar-refractivity contribution in [2.75, 3.05) is 38.5 Å². The quantitative estimate of drug-likeness (QED) is 0.205. The van der Waals surface area contributed by atoms with Crippen LogP contribution in [-0.4, -0.2) is 82.1 Å². The van der Waals surface area contributed by atoms with Gasteiger partial charge in [0.2, 0.25) is 21.8 Å². The van der Waals surface area contributed by atoms with Gasteiger partial charge in [0.15, 0.2) is 9.79 Å². The van der Waals surface area contributed by atoms with Gasteiger partial charge in [-0.05, 0) is 122 Å². The van der Waals surface area contributed by atoms with Crippen LogP contribution >= 0.6 is 0 Å². The van der Waals surface area contributed by atoms with E-state index in [1.807, 2.05) is 4.72 Å². The van der Waals surface area contributed by atoms with Crippen molar-refractivity contribution < 1.29 is 49.4 Å². The van der Waals surface area contributed by atoms with Crippen molar-refractivity contribution >= 4 is 37.5 Å². The van der Waals surface area contributed by atoms with Gasteiger partial charge in [-0.2, -0.15) is 10.2 Å². The topological polar surface area (TPSA) is 234 Å². The molecule has 2 atom stereocenters. The number of carbonyl (C=O) groups is 1. The van der Waals surface area contributed by atoms with E-state index in [-0.39, 0.29) is 52.0 Å². The number of nitrogens with zero attached hydrogens (tertiary/aromatic N) is 4. The Bertz CT molecular complexity index is 2470. The molecule has 60 heavy (non-hydrogen) atoms. The number of aromatic nitrogens is 4. The highest BCUT2D eigenvalue weighted by molar-refractivity contribution is 7.90. The second-order valence-corrected chi connectivity index (χ2v) is 18.8. The lowest BCUT2D eigenvalue weighted by atomic mass is 9.98. The van der Waals surface area contributed by atoms with E-state index in [4.69, 9.17) is 29.8 Å². The van der Waals surface area contributed by atoms with E-state index in [9.17, 15) is 30.4 Å². The number of urea groups is 1. The minimum atomic E-state index is -4.22. The zero-order valence-corrected chi connectivity index (χ0v) is 34.9. The molecule has 6 N–H and O–H groups in total. The van der Waals surface area contributed by atoms with Gasteiger partial charge >= 0.3 is 6.03 Å². The number of ether oxygens (including phenoxy) is 4. The molecule has 0 saturated carbocycles. The number of amides is 2. The number of carbonyl (C=O) groups excluding carboxylic acids is 1. The van der Waals surface area contributed by atoms with Crippen molar-refractivity contribution in [3.05, 3.63) is 68.5 Å². The van der Waals surface area contributed by atoms with Crippen LogP contribution in [0.2, 0.25) is 0 Å². The molecule has 2 aromatic carbocycles. The van der Waals surface area contributed by atoms with Crippen LogP contribution in [0, 0.1) is 11.6 Å². The molecule has 0 unspecified atom stereocenters. The normalized spacial score (nSPS) is 19.5. The monoisotopic (exact) mass is 874 g/mol. The van der Waals surface area contributed by atoms with Gasteiger partial charge in [-0.15, -0.1) is 0 Å². The number of sulfonamides is 2. The lowest BCUT2D eigenvalue weighted by Gasteiger charge is -2.23. The summed E-state index contributed by atoms with van der Waals surface area (Å²) in [4.78, 5) is 12.4. The van der Waals surface area contributed by atoms with Crippen LogP contribution in [-0.2, 0) is 94.0 Å². The minimum absolute atomic E-state index is 0.0668. The van der Waals surface area contributed by atoms with Gasteiger partial charge in [-0.3, -0.25) is 0 Å². The maximum atomic E-state index is 14.8. The maximum Gasteiger partial charge on any atom is 0.333 e. The van der Waals surface area contributed by atoms with Crippen LogP contribution < -0.4 is 30.4 Å². The Morgan fingerprint density at radius 1 is 0.700 bits per heavy atom. The van der Waals surface area contributed by atoms with Gasteiger partial charge in [-0.1, -0.05) is 0 Å². The van der Waals surface area contributed by atoms with Crippen molar-refractivity contribution in [1.29, 1.82) is 0 Å². The smallest absolute Gasteiger partial charge is 0.333 e.